The number of benzene rings is 1. The lowest BCUT2D eigenvalue weighted by molar-refractivity contribution is 0.376. The molecule has 3 heteroatoms. The molecule has 0 amide bonds. The lowest BCUT2D eigenvalue weighted by atomic mass is 10.2. The van der Waals surface area contributed by atoms with Crippen molar-refractivity contribution in [1.82, 2.24) is 4.42 Å². The van der Waals surface area contributed by atoms with Gasteiger partial charge in [0.25, 0.3) is 0 Å². The highest BCUT2D eigenvalue weighted by molar-refractivity contribution is 7.99. The van der Waals surface area contributed by atoms with Crippen molar-refractivity contribution >= 4 is 23.5 Å². The molecule has 82 valence electrons. The third kappa shape index (κ3) is 3.71. The molecule has 0 atom stereocenters. The van der Waals surface area contributed by atoms with Crippen LogP contribution < -0.4 is 0 Å². The van der Waals surface area contributed by atoms with Crippen LogP contribution in [0.1, 0.15) is 18.4 Å². The molecule has 2 rings (SSSR count). The van der Waals surface area contributed by atoms with Crippen LogP contribution in [0.25, 0.3) is 0 Å². The van der Waals surface area contributed by atoms with Crippen molar-refractivity contribution in [3.63, 3.8) is 0 Å². The molecular weight excluding hydrogens is 226 g/mol. The van der Waals surface area contributed by atoms with Crippen molar-refractivity contribution in [2.24, 2.45) is 0 Å². The summed E-state index contributed by atoms with van der Waals surface area (Å²) in [6.07, 6.45) is 2.45. The van der Waals surface area contributed by atoms with Crippen LogP contribution in [-0.2, 0) is 5.75 Å². The van der Waals surface area contributed by atoms with Gasteiger partial charge in [-0.1, -0.05) is 30.3 Å². The molecule has 0 unspecified atom stereocenters. The van der Waals surface area contributed by atoms with Gasteiger partial charge in [0, 0.05) is 24.1 Å². The zero-order valence-corrected chi connectivity index (χ0v) is 10.3. The van der Waals surface area contributed by atoms with Crippen molar-refractivity contribution in [3.05, 3.63) is 35.9 Å². The summed E-state index contributed by atoms with van der Waals surface area (Å²) in [7, 11) is 0. The topological polar surface area (TPSA) is 3.24 Å². The third-order valence-electron chi connectivity index (χ3n) is 2.72. The summed E-state index contributed by atoms with van der Waals surface area (Å²) in [5.74, 6) is 1.13. The predicted octanol–water partition coefficient (Wildman–Crippen LogP) is 3.54. The molecule has 15 heavy (non-hydrogen) atoms. The lowest BCUT2D eigenvalue weighted by Gasteiger charge is -2.26. The van der Waals surface area contributed by atoms with Gasteiger partial charge in [0.05, 0.1) is 0 Å². The largest absolute Gasteiger partial charge is 0.220 e. The SMILES string of the molecule is ClN1CCC(SCc2ccccc2)CC1. The van der Waals surface area contributed by atoms with Crippen LogP contribution in [0.3, 0.4) is 0 Å². The number of rotatable bonds is 3. The van der Waals surface area contributed by atoms with Gasteiger partial charge >= 0.3 is 0 Å². The summed E-state index contributed by atoms with van der Waals surface area (Å²) < 4.78 is 1.90. The number of nitrogens with zero attached hydrogens (tertiary/aromatic N) is 1. The Morgan fingerprint density at radius 2 is 1.87 bits per heavy atom. The Balaban J connectivity index is 1.74. The summed E-state index contributed by atoms with van der Waals surface area (Å²) in [6, 6.07) is 10.7. The van der Waals surface area contributed by atoms with Crippen LogP contribution in [0.2, 0.25) is 0 Å². The minimum absolute atomic E-state index is 0.792. The standard InChI is InChI=1S/C12H16ClNS/c13-14-8-6-12(7-9-14)15-10-11-4-2-1-3-5-11/h1-5,12H,6-10H2. The zero-order chi connectivity index (χ0) is 10.5. The molecule has 0 bridgehead atoms. The Hall–Kier alpha value is -0.180. The monoisotopic (exact) mass is 241 g/mol. The summed E-state index contributed by atoms with van der Waals surface area (Å²) in [6.45, 7) is 2.07. The van der Waals surface area contributed by atoms with Crippen LogP contribution >= 0.6 is 23.5 Å². The van der Waals surface area contributed by atoms with Gasteiger partial charge in [-0.3, -0.25) is 0 Å². The molecule has 1 fully saturated rings. The van der Waals surface area contributed by atoms with Crippen molar-refractivity contribution < 1.29 is 0 Å². The highest BCUT2D eigenvalue weighted by Gasteiger charge is 2.17. The van der Waals surface area contributed by atoms with Crippen LogP contribution in [0.15, 0.2) is 30.3 Å². The van der Waals surface area contributed by atoms with Gasteiger partial charge in [0.1, 0.15) is 0 Å². The maximum atomic E-state index is 5.92. The molecule has 0 radical (unpaired) electrons. The van der Waals surface area contributed by atoms with Gasteiger partial charge in [0.15, 0.2) is 0 Å². The Labute approximate surface area is 101 Å². The van der Waals surface area contributed by atoms with Crippen LogP contribution in [0, 0.1) is 0 Å². The maximum Gasteiger partial charge on any atom is 0.0187 e. The van der Waals surface area contributed by atoms with E-state index in [1.165, 1.54) is 18.4 Å². The summed E-state index contributed by atoms with van der Waals surface area (Å²) in [5.41, 5.74) is 1.43. The van der Waals surface area contributed by atoms with Gasteiger partial charge < -0.3 is 0 Å². The molecule has 1 aliphatic rings. The van der Waals surface area contributed by atoms with E-state index in [2.05, 4.69) is 42.1 Å². The molecule has 0 spiro atoms. The first-order valence-corrected chi connectivity index (χ1v) is 6.79. The average molecular weight is 242 g/mol. The molecule has 1 aromatic rings. The Kier molecular flexibility index (Phi) is 4.36. The van der Waals surface area contributed by atoms with E-state index in [-0.39, 0.29) is 0 Å². The van der Waals surface area contributed by atoms with Crippen LogP contribution in [0.4, 0.5) is 0 Å². The molecule has 0 aliphatic carbocycles. The first-order chi connectivity index (χ1) is 7.34. The number of thioether (sulfide) groups is 1. The zero-order valence-electron chi connectivity index (χ0n) is 8.73. The van der Waals surface area contributed by atoms with E-state index in [1.54, 1.807) is 0 Å². The third-order valence-corrected chi connectivity index (χ3v) is 4.50. The highest BCUT2D eigenvalue weighted by atomic mass is 35.5. The first kappa shape index (κ1) is 11.3. The van der Waals surface area contributed by atoms with E-state index >= 15 is 0 Å². The van der Waals surface area contributed by atoms with Gasteiger partial charge in [-0.2, -0.15) is 11.8 Å². The maximum absolute atomic E-state index is 5.92. The first-order valence-electron chi connectivity index (χ1n) is 5.41. The number of hydrogen-bond acceptors (Lipinski definition) is 2. The molecular formula is C12H16ClNS. The van der Waals surface area contributed by atoms with E-state index in [9.17, 15) is 0 Å². The Bertz CT molecular complexity index is 283. The van der Waals surface area contributed by atoms with Crippen molar-refractivity contribution in [3.8, 4) is 0 Å². The van der Waals surface area contributed by atoms with Crippen molar-refractivity contribution in [1.29, 1.82) is 0 Å². The van der Waals surface area contributed by atoms with Crippen LogP contribution in [-0.4, -0.2) is 22.8 Å². The number of hydrogen-bond donors (Lipinski definition) is 0. The predicted molar refractivity (Wildman–Crippen MR) is 68.2 cm³/mol. The fourth-order valence-corrected chi connectivity index (χ4v) is 3.14. The van der Waals surface area contributed by atoms with E-state index in [1.807, 2.05) is 4.42 Å². The van der Waals surface area contributed by atoms with Gasteiger partial charge in [-0.15, -0.1) is 0 Å². The fraction of sp³-hybridized carbons (Fsp3) is 0.500. The molecule has 0 N–H and O–H groups in total. The molecule has 1 aromatic carbocycles. The van der Waals surface area contributed by atoms with Gasteiger partial charge in [0.2, 0.25) is 0 Å². The van der Waals surface area contributed by atoms with E-state index in [0.29, 0.717) is 0 Å². The normalized spacial score (nSPS) is 19.3. The van der Waals surface area contributed by atoms with Gasteiger partial charge in [-0.25, -0.2) is 4.42 Å². The fourth-order valence-electron chi connectivity index (χ4n) is 1.78. The second kappa shape index (κ2) is 5.78. The molecule has 0 saturated carbocycles. The minimum Gasteiger partial charge on any atom is -0.220 e. The average Bonchev–Trinajstić information content (AvgIpc) is 2.30. The lowest BCUT2D eigenvalue weighted by Crippen LogP contribution is -2.27. The Morgan fingerprint density at radius 3 is 2.53 bits per heavy atom. The quantitative estimate of drug-likeness (QED) is 0.745. The highest BCUT2D eigenvalue weighted by Crippen LogP contribution is 2.26. The number of halogens is 1. The molecule has 1 heterocycles. The van der Waals surface area contributed by atoms with E-state index in [4.69, 9.17) is 11.8 Å². The number of piperidine rings is 1. The summed E-state index contributed by atoms with van der Waals surface area (Å²) in [4.78, 5) is 0. The second-order valence-corrected chi connectivity index (χ2v) is 5.67. The van der Waals surface area contributed by atoms with Crippen molar-refractivity contribution in [2.75, 3.05) is 13.1 Å². The molecule has 0 aromatic heterocycles. The van der Waals surface area contributed by atoms with E-state index < -0.39 is 0 Å². The molecule has 1 aliphatic heterocycles. The second-order valence-electron chi connectivity index (χ2n) is 3.91. The summed E-state index contributed by atoms with van der Waals surface area (Å²) >= 11 is 7.99. The van der Waals surface area contributed by atoms with Gasteiger partial charge in [-0.05, 0) is 30.2 Å². The smallest absolute Gasteiger partial charge is 0.0187 e. The van der Waals surface area contributed by atoms with Crippen LogP contribution in [0.5, 0.6) is 0 Å². The van der Waals surface area contributed by atoms with Crippen molar-refractivity contribution in [2.45, 2.75) is 23.8 Å². The summed E-state index contributed by atoms with van der Waals surface area (Å²) in [5, 5.41) is 0.792. The Morgan fingerprint density at radius 1 is 1.20 bits per heavy atom. The van der Waals surface area contributed by atoms with E-state index in [0.717, 1.165) is 24.1 Å². The molecule has 1 nitrogen and oxygen atoms in total. The minimum atomic E-state index is 0.792. The molecule has 1 saturated heterocycles.